The predicted octanol–water partition coefficient (Wildman–Crippen LogP) is 4.99. The zero-order valence-electron chi connectivity index (χ0n) is 19.3. The summed E-state index contributed by atoms with van der Waals surface area (Å²) in [5, 5.41) is 21.0. The molecule has 2 N–H and O–H groups in total. The molecule has 0 spiro atoms. The number of ketones is 2. The maximum absolute atomic E-state index is 12.0. The molecule has 6 nitrogen and oxygen atoms in total. The zero-order chi connectivity index (χ0) is 25.2. The first kappa shape index (κ1) is 23.5. The van der Waals surface area contributed by atoms with Gasteiger partial charge in [-0.1, -0.05) is 84.9 Å². The van der Waals surface area contributed by atoms with Crippen LogP contribution in [0.2, 0.25) is 0 Å². The third-order valence-electron chi connectivity index (χ3n) is 6.18. The van der Waals surface area contributed by atoms with Gasteiger partial charge in [0.05, 0.1) is 24.0 Å². The van der Waals surface area contributed by atoms with E-state index in [9.17, 15) is 19.8 Å². The van der Waals surface area contributed by atoms with Gasteiger partial charge in [-0.2, -0.15) is 0 Å². The molecule has 4 aromatic rings. The number of para-hydroxylation sites is 2. The van der Waals surface area contributed by atoms with E-state index in [0.29, 0.717) is 33.8 Å². The van der Waals surface area contributed by atoms with Gasteiger partial charge in [-0.3, -0.25) is 9.59 Å². The minimum atomic E-state index is -1.56. The number of hydrogen-bond donors (Lipinski definition) is 2. The van der Waals surface area contributed by atoms with E-state index in [1.165, 1.54) is 0 Å². The highest BCUT2D eigenvalue weighted by Crippen LogP contribution is 2.38. The lowest BCUT2D eigenvalue weighted by Crippen LogP contribution is -2.39. The molecule has 0 bridgehead atoms. The fraction of sp³-hybridized carbons (Fsp3) is 0.133. The normalized spacial score (nSPS) is 22.2. The largest absolute Gasteiger partial charge is 0.457 e. The van der Waals surface area contributed by atoms with Crippen LogP contribution in [0.15, 0.2) is 109 Å². The van der Waals surface area contributed by atoms with Gasteiger partial charge in [0.2, 0.25) is 11.6 Å². The average molecular weight is 481 g/mol. The van der Waals surface area contributed by atoms with Crippen LogP contribution in [-0.2, 0) is 11.6 Å². The van der Waals surface area contributed by atoms with Crippen LogP contribution in [0, 0.1) is 0 Å². The number of ether oxygens (including phenoxy) is 2. The summed E-state index contributed by atoms with van der Waals surface area (Å²) in [6.45, 7) is 0. The molecule has 0 fully saturated rings. The summed E-state index contributed by atoms with van der Waals surface area (Å²) in [7, 11) is 0. The first-order valence-corrected chi connectivity index (χ1v) is 11.6. The lowest BCUT2D eigenvalue weighted by atomic mass is 9.93. The maximum Gasteiger partial charge on any atom is 0.242 e. The van der Waals surface area contributed by atoms with E-state index in [4.69, 9.17) is 9.47 Å². The van der Waals surface area contributed by atoms with Gasteiger partial charge in [0.15, 0.2) is 11.6 Å². The zero-order valence-corrected chi connectivity index (χ0v) is 19.3. The topological polar surface area (TPSA) is 93.1 Å². The second-order valence-electron chi connectivity index (χ2n) is 8.70. The van der Waals surface area contributed by atoms with Gasteiger partial charge in [0.25, 0.3) is 0 Å². The highest BCUT2D eigenvalue weighted by atomic mass is 16.6. The van der Waals surface area contributed by atoms with Crippen LogP contribution in [-0.4, -0.2) is 21.8 Å². The van der Waals surface area contributed by atoms with Crippen molar-refractivity contribution >= 4 is 11.6 Å². The van der Waals surface area contributed by atoms with Gasteiger partial charge in [-0.25, -0.2) is 0 Å². The number of Topliss-reactive ketones (excluding diaryl/α,β-unsaturated/α-hetero) is 2. The van der Waals surface area contributed by atoms with Crippen LogP contribution in [0.4, 0.5) is 0 Å². The Labute approximate surface area is 208 Å². The van der Waals surface area contributed by atoms with Gasteiger partial charge in [-0.15, -0.1) is 0 Å². The lowest BCUT2D eigenvalue weighted by Gasteiger charge is -2.33. The molecule has 36 heavy (non-hydrogen) atoms. The lowest BCUT2D eigenvalue weighted by molar-refractivity contribution is -0.148. The van der Waals surface area contributed by atoms with Crippen molar-refractivity contribution in [3.8, 4) is 11.5 Å². The van der Waals surface area contributed by atoms with Crippen molar-refractivity contribution in [3.63, 3.8) is 0 Å². The molecular formula is C30H24O6. The minimum Gasteiger partial charge on any atom is -0.457 e. The van der Waals surface area contributed by atoms with Crippen molar-refractivity contribution in [1.29, 1.82) is 0 Å². The third-order valence-corrected chi connectivity index (χ3v) is 6.18. The molecule has 0 saturated heterocycles. The summed E-state index contributed by atoms with van der Waals surface area (Å²) in [5.41, 5.74) is 2.23. The van der Waals surface area contributed by atoms with Gasteiger partial charge in [-0.05, 0) is 24.3 Å². The molecule has 2 heterocycles. The van der Waals surface area contributed by atoms with Gasteiger partial charge in [0, 0.05) is 11.1 Å². The molecule has 0 aliphatic carbocycles. The minimum absolute atomic E-state index is 0.0615. The SMILES string of the molecule is O=C1CC(O)(c2ccccc2)Oc2ccccc21.O=C1CC(O)(c2ccccc2)Oc2ccccc21. The number of carbonyl (C=O) groups excluding carboxylic acids is 2. The Hall–Kier alpha value is -4.26. The average Bonchev–Trinajstić information content (AvgIpc) is 2.90. The summed E-state index contributed by atoms with van der Waals surface area (Å²) in [5.74, 6) is -2.48. The molecular weight excluding hydrogens is 456 g/mol. The smallest absolute Gasteiger partial charge is 0.242 e. The number of aliphatic hydroxyl groups is 2. The van der Waals surface area contributed by atoms with Gasteiger partial charge < -0.3 is 19.7 Å². The van der Waals surface area contributed by atoms with Crippen LogP contribution < -0.4 is 9.47 Å². The molecule has 6 rings (SSSR count). The number of rotatable bonds is 2. The summed E-state index contributed by atoms with van der Waals surface area (Å²) >= 11 is 0. The summed E-state index contributed by atoms with van der Waals surface area (Å²) in [6, 6.07) is 31.9. The molecule has 2 atom stereocenters. The molecule has 0 aromatic heterocycles. The molecule has 0 saturated carbocycles. The Morgan fingerprint density at radius 1 is 0.500 bits per heavy atom. The predicted molar refractivity (Wildman–Crippen MR) is 133 cm³/mol. The molecule has 2 aliphatic heterocycles. The Morgan fingerprint density at radius 2 is 0.833 bits per heavy atom. The van der Waals surface area contributed by atoms with E-state index < -0.39 is 11.6 Å². The van der Waals surface area contributed by atoms with Crippen molar-refractivity contribution in [2.45, 2.75) is 24.4 Å². The highest BCUT2D eigenvalue weighted by Gasteiger charge is 2.41. The number of fused-ring (bicyclic) bond motifs is 2. The first-order chi connectivity index (χ1) is 17.4. The van der Waals surface area contributed by atoms with Crippen molar-refractivity contribution in [1.82, 2.24) is 0 Å². The second kappa shape index (κ2) is 9.41. The summed E-state index contributed by atoms with van der Waals surface area (Å²) in [6.07, 6.45) is -0.123. The van der Waals surface area contributed by atoms with Crippen molar-refractivity contribution in [2.24, 2.45) is 0 Å². The van der Waals surface area contributed by atoms with Crippen molar-refractivity contribution < 1.29 is 29.3 Å². The van der Waals surface area contributed by atoms with Crippen LogP contribution >= 0.6 is 0 Å². The van der Waals surface area contributed by atoms with E-state index in [0.717, 1.165) is 0 Å². The molecule has 2 aliphatic rings. The molecule has 2 unspecified atom stereocenters. The molecule has 0 radical (unpaired) electrons. The molecule has 180 valence electrons. The number of benzene rings is 4. The first-order valence-electron chi connectivity index (χ1n) is 11.6. The summed E-state index contributed by atoms with van der Waals surface area (Å²) < 4.78 is 11.2. The second-order valence-corrected chi connectivity index (χ2v) is 8.70. The van der Waals surface area contributed by atoms with E-state index in [2.05, 4.69) is 0 Å². The summed E-state index contributed by atoms with van der Waals surface area (Å²) in [4.78, 5) is 24.1. The van der Waals surface area contributed by atoms with E-state index in [1.54, 1.807) is 72.8 Å². The quantitative estimate of drug-likeness (QED) is 0.420. The van der Waals surface area contributed by atoms with Gasteiger partial charge in [0.1, 0.15) is 11.5 Å². The van der Waals surface area contributed by atoms with Crippen molar-refractivity contribution in [2.75, 3.05) is 0 Å². The van der Waals surface area contributed by atoms with E-state index >= 15 is 0 Å². The Bertz CT molecular complexity index is 1290. The van der Waals surface area contributed by atoms with E-state index in [1.807, 2.05) is 36.4 Å². The van der Waals surface area contributed by atoms with E-state index in [-0.39, 0.29) is 24.4 Å². The monoisotopic (exact) mass is 480 g/mol. The van der Waals surface area contributed by atoms with Crippen LogP contribution in [0.25, 0.3) is 0 Å². The fourth-order valence-corrected chi connectivity index (χ4v) is 4.35. The molecule has 6 heteroatoms. The Kier molecular flexibility index (Phi) is 6.14. The molecule has 4 aromatic carbocycles. The fourth-order valence-electron chi connectivity index (χ4n) is 4.35. The van der Waals surface area contributed by atoms with Crippen LogP contribution in [0.3, 0.4) is 0 Å². The number of carbonyl (C=O) groups is 2. The third kappa shape index (κ3) is 4.52. The van der Waals surface area contributed by atoms with Crippen LogP contribution in [0.5, 0.6) is 11.5 Å². The standard InChI is InChI=1S/2C15H12O3/c2*16-13-10-15(17,11-6-2-1-3-7-11)18-14-9-5-4-8-12(13)14/h2*1-9,17H,10H2. The van der Waals surface area contributed by atoms with Crippen LogP contribution in [0.1, 0.15) is 44.7 Å². The molecule has 0 amide bonds. The Balaban J connectivity index is 0.000000148. The van der Waals surface area contributed by atoms with Crippen molar-refractivity contribution in [3.05, 3.63) is 131 Å². The van der Waals surface area contributed by atoms with Gasteiger partial charge >= 0.3 is 0 Å². The Morgan fingerprint density at radius 3 is 1.22 bits per heavy atom. The maximum atomic E-state index is 12.0. The highest BCUT2D eigenvalue weighted by molar-refractivity contribution is 6.00. The number of hydrogen-bond acceptors (Lipinski definition) is 6.